The summed E-state index contributed by atoms with van der Waals surface area (Å²) in [7, 11) is 0. The van der Waals surface area contributed by atoms with E-state index in [1.54, 1.807) is 0 Å². The van der Waals surface area contributed by atoms with Crippen LogP contribution in [-0.2, 0) is 6.42 Å². The third-order valence-corrected chi connectivity index (χ3v) is 4.74. The van der Waals surface area contributed by atoms with Crippen molar-refractivity contribution in [3.63, 3.8) is 0 Å². The molecular weight excluding hydrogens is 318 g/mol. The average Bonchev–Trinajstić information content (AvgIpc) is 2.39. The summed E-state index contributed by atoms with van der Waals surface area (Å²) in [5, 5.41) is 19.8. The summed E-state index contributed by atoms with van der Waals surface area (Å²) in [4.78, 5) is 2.61. The first kappa shape index (κ1) is 15.6. The molecule has 0 saturated carbocycles. The second-order valence-electron chi connectivity index (χ2n) is 5.92. The maximum Gasteiger partial charge on any atom is 0.122 e. The number of fused-ring (bicyclic) bond motifs is 3. The van der Waals surface area contributed by atoms with Gasteiger partial charge in [0, 0.05) is 18.0 Å². The van der Waals surface area contributed by atoms with Gasteiger partial charge in [-0.2, -0.15) is 0 Å². The van der Waals surface area contributed by atoms with Gasteiger partial charge in [-0.1, -0.05) is 6.92 Å². The van der Waals surface area contributed by atoms with Crippen molar-refractivity contribution in [2.75, 3.05) is 13.1 Å². The number of benzene rings is 1. The van der Waals surface area contributed by atoms with Crippen LogP contribution in [0.15, 0.2) is 12.1 Å². The number of phenols is 2. The first-order valence-corrected chi connectivity index (χ1v) is 7.49. The Morgan fingerprint density at radius 3 is 2.80 bits per heavy atom. The SMILES string of the molecule is Br.CCCN1CCC[C@H]2c3cc(O)cc(O)c3CC[C@H]21. The molecule has 1 saturated heterocycles. The minimum atomic E-state index is 0. The summed E-state index contributed by atoms with van der Waals surface area (Å²) in [6, 6.07) is 3.95. The average molecular weight is 342 g/mol. The Kier molecular flexibility index (Phi) is 4.97. The van der Waals surface area contributed by atoms with Crippen LogP contribution >= 0.6 is 17.0 Å². The van der Waals surface area contributed by atoms with Crippen LogP contribution in [0.3, 0.4) is 0 Å². The Morgan fingerprint density at radius 1 is 1.25 bits per heavy atom. The van der Waals surface area contributed by atoms with Gasteiger partial charge >= 0.3 is 0 Å². The van der Waals surface area contributed by atoms with Crippen molar-refractivity contribution in [2.45, 2.75) is 51.0 Å². The Labute approximate surface area is 131 Å². The lowest BCUT2D eigenvalue weighted by molar-refractivity contribution is 0.112. The first-order valence-electron chi connectivity index (χ1n) is 7.49. The standard InChI is InChI=1S/C16H23NO2.BrH/c1-2-7-17-8-3-4-12-14-9-11(18)10-16(19)13(14)5-6-15(12)17;/h9-10,12,15,18-19H,2-8H2,1H3;1H/t12-,15+;/m0./s1. The van der Waals surface area contributed by atoms with Crippen LogP contribution in [0.25, 0.3) is 0 Å². The summed E-state index contributed by atoms with van der Waals surface area (Å²) >= 11 is 0. The molecule has 2 aliphatic rings. The van der Waals surface area contributed by atoms with Gasteiger partial charge in [0.2, 0.25) is 0 Å². The largest absolute Gasteiger partial charge is 0.508 e. The predicted octanol–water partition coefficient (Wildman–Crippen LogP) is 3.58. The molecule has 0 bridgehead atoms. The van der Waals surface area contributed by atoms with Gasteiger partial charge in [-0.15, -0.1) is 17.0 Å². The van der Waals surface area contributed by atoms with E-state index in [2.05, 4.69) is 11.8 Å². The van der Waals surface area contributed by atoms with E-state index in [9.17, 15) is 10.2 Å². The summed E-state index contributed by atoms with van der Waals surface area (Å²) in [6.07, 6.45) is 5.66. The number of hydrogen-bond donors (Lipinski definition) is 2. The van der Waals surface area contributed by atoms with Crippen molar-refractivity contribution in [3.8, 4) is 11.5 Å². The molecule has 20 heavy (non-hydrogen) atoms. The summed E-state index contributed by atoms with van der Waals surface area (Å²) in [5.41, 5.74) is 2.26. The van der Waals surface area contributed by atoms with E-state index in [4.69, 9.17) is 0 Å². The third kappa shape index (κ3) is 2.68. The minimum absolute atomic E-state index is 0. The van der Waals surface area contributed by atoms with Crippen LogP contribution in [0, 0.1) is 0 Å². The highest BCUT2D eigenvalue weighted by atomic mass is 79.9. The zero-order valence-electron chi connectivity index (χ0n) is 12.0. The molecule has 3 rings (SSSR count). The first-order chi connectivity index (χ1) is 9.20. The highest BCUT2D eigenvalue weighted by Crippen LogP contribution is 2.44. The van der Waals surface area contributed by atoms with Gasteiger partial charge in [-0.25, -0.2) is 0 Å². The van der Waals surface area contributed by atoms with E-state index in [1.165, 1.54) is 44.0 Å². The predicted molar refractivity (Wildman–Crippen MR) is 86.0 cm³/mol. The number of piperidine rings is 1. The number of likely N-dealkylation sites (tertiary alicyclic amines) is 1. The highest BCUT2D eigenvalue weighted by molar-refractivity contribution is 8.93. The van der Waals surface area contributed by atoms with Crippen LogP contribution in [0.4, 0.5) is 0 Å². The van der Waals surface area contributed by atoms with Crippen LogP contribution in [-0.4, -0.2) is 34.2 Å². The minimum Gasteiger partial charge on any atom is -0.508 e. The molecule has 1 aromatic rings. The molecule has 0 amide bonds. The molecule has 112 valence electrons. The fraction of sp³-hybridized carbons (Fsp3) is 0.625. The smallest absolute Gasteiger partial charge is 0.122 e. The molecular formula is C16H24BrNO2. The molecule has 1 aromatic carbocycles. The maximum atomic E-state index is 10.0. The number of rotatable bonds is 2. The molecule has 1 aliphatic carbocycles. The zero-order chi connectivity index (χ0) is 13.4. The number of aromatic hydroxyl groups is 2. The van der Waals surface area contributed by atoms with Crippen molar-refractivity contribution in [1.82, 2.24) is 4.90 Å². The van der Waals surface area contributed by atoms with Gasteiger partial charge in [0.1, 0.15) is 11.5 Å². The molecule has 3 nitrogen and oxygen atoms in total. The number of nitrogens with zero attached hydrogens (tertiary/aromatic N) is 1. The monoisotopic (exact) mass is 341 g/mol. The van der Waals surface area contributed by atoms with Crippen molar-refractivity contribution in [2.24, 2.45) is 0 Å². The Balaban J connectivity index is 0.00000147. The highest BCUT2D eigenvalue weighted by Gasteiger charge is 2.36. The summed E-state index contributed by atoms with van der Waals surface area (Å²) in [6.45, 7) is 4.61. The molecule has 0 radical (unpaired) electrons. The Morgan fingerprint density at radius 2 is 2.05 bits per heavy atom. The molecule has 2 N–H and O–H groups in total. The zero-order valence-corrected chi connectivity index (χ0v) is 13.7. The lowest BCUT2D eigenvalue weighted by atomic mass is 9.74. The second kappa shape index (κ2) is 6.35. The Bertz CT molecular complexity index is 476. The van der Waals surface area contributed by atoms with Gasteiger partial charge in [0.05, 0.1) is 0 Å². The normalized spacial score (nSPS) is 25.4. The topological polar surface area (TPSA) is 43.7 Å². The molecule has 2 atom stereocenters. The number of halogens is 1. The summed E-state index contributed by atoms with van der Waals surface area (Å²) in [5.74, 6) is 0.965. The quantitative estimate of drug-likeness (QED) is 0.863. The van der Waals surface area contributed by atoms with Gasteiger partial charge in [0.25, 0.3) is 0 Å². The van der Waals surface area contributed by atoms with E-state index >= 15 is 0 Å². The molecule has 4 heteroatoms. The van der Waals surface area contributed by atoms with Gasteiger partial charge in [-0.3, -0.25) is 4.90 Å². The molecule has 1 fully saturated rings. The fourth-order valence-corrected chi connectivity index (χ4v) is 4.00. The van der Waals surface area contributed by atoms with E-state index < -0.39 is 0 Å². The molecule has 0 aromatic heterocycles. The molecule has 1 heterocycles. The van der Waals surface area contributed by atoms with E-state index in [0.29, 0.717) is 12.0 Å². The second-order valence-corrected chi connectivity index (χ2v) is 5.92. The van der Waals surface area contributed by atoms with Crippen molar-refractivity contribution in [3.05, 3.63) is 23.3 Å². The fourth-order valence-electron chi connectivity index (χ4n) is 4.00. The van der Waals surface area contributed by atoms with Crippen LogP contribution in [0.1, 0.15) is 49.7 Å². The van der Waals surface area contributed by atoms with Crippen molar-refractivity contribution < 1.29 is 10.2 Å². The van der Waals surface area contributed by atoms with Crippen LogP contribution < -0.4 is 0 Å². The third-order valence-electron chi connectivity index (χ3n) is 4.74. The maximum absolute atomic E-state index is 10.0. The van der Waals surface area contributed by atoms with Gasteiger partial charge < -0.3 is 10.2 Å². The van der Waals surface area contributed by atoms with E-state index in [0.717, 1.165) is 18.4 Å². The summed E-state index contributed by atoms with van der Waals surface area (Å²) < 4.78 is 0. The lowest BCUT2D eigenvalue weighted by Crippen LogP contribution is -2.46. The number of hydrogen-bond acceptors (Lipinski definition) is 3. The van der Waals surface area contributed by atoms with Crippen molar-refractivity contribution in [1.29, 1.82) is 0 Å². The van der Waals surface area contributed by atoms with E-state index in [1.807, 2.05) is 6.07 Å². The molecule has 0 spiro atoms. The van der Waals surface area contributed by atoms with E-state index in [-0.39, 0.29) is 28.5 Å². The van der Waals surface area contributed by atoms with Gasteiger partial charge in [0.15, 0.2) is 0 Å². The molecule has 1 aliphatic heterocycles. The van der Waals surface area contributed by atoms with Crippen LogP contribution in [0.5, 0.6) is 11.5 Å². The van der Waals surface area contributed by atoms with Gasteiger partial charge in [-0.05, 0) is 62.4 Å². The molecule has 0 unspecified atom stereocenters. The van der Waals surface area contributed by atoms with Crippen LogP contribution in [0.2, 0.25) is 0 Å². The van der Waals surface area contributed by atoms with Crippen molar-refractivity contribution >= 4 is 17.0 Å². The Hall–Kier alpha value is -0.740. The lowest BCUT2D eigenvalue weighted by Gasteiger charge is -2.45. The number of phenolic OH excluding ortho intramolecular Hbond substituents is 2.